The number of terminal acetylenes is 1. The molecule has 0 aromatic heterocycles. The largest absolute Gasteiger partial charge is 0.271 e. The summed E-state index contributed by atoms with van der Waals surface area (Å²) in [6.45, 7) is 0. The van der Waals surface area contributed by atoms with Crippen LogP contribution in [0.15, 0.2) is 30.3 Å². The van der Waals surface area contributed by atoms with Crippen LogP contribution >= 0.6 is 0 Å². The number of rotatable bonds is 6. The van der Waals surface area contributed by atoms with Crippen LogP contribution in [0, 0.1) is 18.3 Å². The molecule has 1 aromatic rings. The molecule has 1 saturated carbocycles. The second-order valence-corrected chi connectivity index (χ2v) is 4.79. The van der Waals surface area contributed by atoms with Crippen LogP contribution < -0.4 is 11.3 Å². The normalized spacial score (nSPS) is 24.0. The van der Waals surface area contributed by atoms with E-state index in [0.29, 0.717) is 17.9 Å². The molecule has 1 aromatic carbocycles. The minimum Gasteiger partial charge on any atom is -0.271 e. The van der Waals surface area contributed by atoms with Gasteiger partial charge in [0.25, 0.3) is 0 Å². The molecule has 3 N–H and O–H groups in total. The van der Waals surface area contributed by atoms with Gasteiger partial charge in [0.1, 0.15) is 0 Å². The lowest BCUT2D eigenvalue weighted by Crippen LogP contribution is -2.37. The molecule has 0 amide bonds. The Morgan fingerprint density at radius 1 is 1.41 bits per heavy atom. The lowest BCUT2D eigenvalue weighted by molar-refractivity contribution is 0.429. The zero-order chi connectivity index (χ0) is 12.1. The van der Waals surface area contributed by atoms with Crippen molar-refractivity contribution in [2.45, 2.75) is 37.6 Å². The number of unbranched alkanes of at least 4 members (excludes halogenated alkanes) is 1. The third kappa shape index (κ3) is 3.09. The van der Waals surface area contributed by atoms with Gasteiger partial charge in [-0.05, 0) is 36.7 Å². The van der Waals surface area contributed by atoms with Gasteiger partial charge >= 0.3 is 0 Å². The van der Waals surface area contributed by atoms with Crippen molar-refractivity contribution in [2.24, 2.45) is 11.8 Å². The van der Waals surface area contributed by atoms with Crippen LogP contribution in [0.4, 0.5) is 0 Å². The van der Waals surface area contributed by atoms with E-state index < -0.39 is 0 Å². The molecule has 1 aliphatic carbocycles. The zero-order valence-electron chi connectivity index (χ0n) is 10.1. The number of nitrogens with two attached hydrogens (primary N) is 1. The van der Waals surface area contributed by atoms with Crippen molar-refractivity contribution < 1.29 is 0 Å². The molecule has 0 aliphatic heterocycles. The van der Waals surface area contributed by atoms with Crippen LogP contribution in [-0.2, 0) is 0 Å². The summed E-state index contributed by atoms with van der Waals surface area (Å²) in [6.07, 6.45) is 9.49. The minimum absolute atomic E-state index is 0.411. The first-order chi connectivity index (χ1) is 8.36. The predicted octanol–water partition coefficient (Wildman–Crippen LogP) is 2.43. The molecule has 2 heteroatoms. The van der Waals surface area contributed by atoms with Crippen LogP contribution in [0.3, 0.4) is 0 Å². The average Bonchev–Trinajstić information content (AvgIpc) is 3.16. The molecule has 1 fully saturated rings. The van der Waals surface area contributed by atoms with E-state index in [1.165, 1.54) is 12.0 Å². The fourth-order valence-corrected chi connectivity index (χ4v) is 2.59. The van der Waals surface area contributed by atoms with Crippen LogP contribution in [0.5, 0.6) is 0 Å². The molecular formula is C15H20N2. The van der Waals surface area contributed by atoms with Crippen LogP contribution in [0.2, 0.25) is 0 Å². The molecule has 3 atom stereocenters. The van der Waals surface area contributed by atoms with Crippen molar-refractivity contribution in [2.75, 3.05) is 0 Å². The Bertz CT molecular complexity index is 380. The Balaban J connectivity index is 1.86. The molecular weight excluding hydrogens is 208 g/mol. The number of nitrogens with one attached hydrogen (secondary N) is 1. The molecule has 0 bridgehead atoms. The van der Waals surface area contributed by atoms with E-state index in [2.05, 4.69) is 41.7 Å². The SMILES string of the molecule is C#CCCCC(NN)C1CC1c1ccccc1. The number of benzene rings is 1. The highest BCUT2D eigenvalue weighted by Gasteiger charge is 2.42. The van der Waals surface area contributed by atoms with Crippen molar-refractivity contribution in [1.29, 1.82) is 0 Å². The lowest BCUT2D eigenvalue weighted by Gasteiger charge is -2.15. The van der Waals surface area contributed by atoms with Gasteiger partial charge in [0.2, 0.25) is 0 Å². The lowest BCUT2D eigenvalue weighted by atomic mass is 10.0. The van der Waals surface area contributed by atoms with Gasteiger partial charge in [-0.3, -0.25) is 11.3 Å². The highest BCUT2D eigenvalue weighted by Crippen LogP contribution is 2.50. The summed E-state index contributed by atoms with van der Waals surface area (Å²) in [7, 11) is 0. The molecule has 2 rings (SSSR count). The maximum atomic E-state index is 5.63. The van der Waals surface area contributed by atoms with E-state index in [4.69, 9.17) is 12.3 Å². The van der Waals surface area contributed by atoms with Crippen LogP contribution in [0.1, 0.15) is 37.2 Å². The van der Waals surface area contributed by atoms with E-state index in [1.54, 1.807) is 0 Å². The summed E-state index contributed by atoms with van der Waals surface area (Å²) >= 11 is 0. The van der Waals surface area contributed by atoms with E-state index >= 15 is 0 Å². The Labute approximate surface area is 104 Å². The molecule has 0 spiro atoms. The van der Waals surface area contributed by atoms with Gasteiger partial charge < -0.3 is 0 Å². The van der Waals surface area contributed by atoms with Crippen molar-refractivity contribution in [1.82, 2.24) is 5.43 Å². The molecule has 0 heterocycles. The van der Waals surface area contributed by atoms with E-state index in [-0.39, 0.29) is 0 Å². The van der Waals surface area contributed by atoms with E-state index in [9.17, 15) is 0 Å². The quantitative estimate of drug-likeness (QED) is 0.340. The second kappa shape index (κ2) is 5.86. The standard InChI is InChI=1S/C15H20N2/c1-2-3-5-10-15(17-16)14-11-13(14)12-8-6-4-7-9-12/h1,4,6-9,13-15,17H,3,5,10-11,16H2. The fraction of sp³-hybridized carbons (Fsp3) is 0.467. The summed E-state index contributed by atoms with van der Waals surface area (Å²) in [5, 5.41) is 0. The Morgan fingerprint density at radius 3 is 2.82 bits per heavy atom. The summed E-state index contributed by atoms with van der Waals surface area (Å²) in [5.74, 6) is 9.68. The van der Waals surface area contributed by atoms with Crippen molar-refractivity contribution in [3.63, 3.8) is 0 Å². The molecule has 1 aliphatic rings. The predicted molar refractivity (Wildman–Crippen MR) is 71.1 cm³/mol. The number of hydrogen-bond donors (Lipinski definition) is 2. The van der Waals surface area contributed by atoms with Gasteiger partial charge in [-0.25, -0.2) is 0 Å². The molecule has 17 heavy (non-hydrogen) atoms. The fourth-order valence-electron chi connectivity index (χ4n) is 2.59. The smallest absolute Gasteiger partial charge is 0.0245 e. The van der Waals surface area contributed by atoms with E-state index in [1.807, 2.05) is 0 Å². The molecule has 3 unspecified atom stereocenters. The third-order valence-electron chi connectivity index (χ3n) is 3.63. The zero-order valence-corrected chi connectivity index (χ0v) is 10.1. The first-order valence-electron chi connectivity index (χ1n) is 6.31. The average molecular weight is 228 g/mol. The van der Waals surface area contributed by atoms with Gasteiger partial charge in [-0.2, -0.15) is 0 Å². The van der Waals surface area contributed by atoms with Crippen molar-refractivity contribution in [3.8, 4) is 12.3 Å². The summed E-state index contributed by atoms with van der Waals surface area (Å²) in [6, 6.07) is 11.1. The van der Waals surface area contributed by atoms with Crippen LogP contribution in [-0.4, -0.2) is 6.04 Å². The first-order valence-corrected chi connectivity index (χ1v) is 6.31. The van der Waals surface area contributed by atoms with Gasteiger partial charge in [-0.1, -0.05) is 30.3 Å². The number of hydrazine groups is 1. The summed E-state index contributed by atoms with van der Waals surface area (Å²) in [4.78, 5) is 0. The van der Waals surface area contributed by atoms with Gasteiger partial charge in [0.05, 0.1) is 0 Å². The Morgan fingerprint density at radius 2 is 2.18 bits per heavy atom. The molecule has 0 radical (unpaired) electrons. The van der Waals surface area contributed by atoms with Crippen molar-refractivity contribution in [3.05, 3.63) is 35.9 Å². The highest BCUT2D eigenvalue weighted by atomic mass is 15.2. The molecule has 0 saturated heterocycles. The monoisotopic (exact) mass is 228 g/mol. The number of hydrogen-bond acceptors (Lipinski definition) is 2. The first kappa shape index (κ1) is 12.2. The van der Waals surface area contributed by atoms with Gasteiger partial charge in [0.15, 0.2) is 0 Å². The maximum Gasteiger partial charge on any atom is 0.0245 e. The van der Waals surface area contributed by atoms with Crippen molar-refractivity contribution >= 4 is 0 Å². The van der Waals surface area contributed by atoms with Gasteiger partial charge in [0, 0.05) is 12.5 Å². The molecule has 2 nitrogen and oxygen atoms in total. The topological polar surface area (TPSA) is 38.0 Å². The maximum absolute atomic E-state index is 5.63. The van der Waals surface area contributed by atoms with E-state index in [0.717, 1.165) is 19.3 Å². The summed E-state index contributed by atoms with van der Waals surface area (Å²) in [5.41, 5.74) is 4.39. The van der Waals surface area contributed by atoms with Crippen LogP contribution in [0.25, 0.3) is 0 Å². The summed E-state index contributed by atoms with van der Waals surface area (Å²) < 4.78 is 0. The highest BCUT2D eigenvalue weighted by molar-refractivity contribution is 5.26. The second-order valence-electron chi connectivity index (χ2n) is 4.79. The molecule has 90 valence electrons. The minimum atomic E-state index is 0.411. The van der Waals surface area contributed by atoms with Gasteiger partial charge in [-0.15, -0.1) is 12.3 Å². The third-order valence-corrected chi connectivity index (χ3v) is 3.63. The Kier molecular flexibility index (Phi) is 4.19. The Hall–Kier alpha value is -1.30.